The van der Waals surface area contributed by atoms with Crippen molar-refractivity contribution in [2.45, 2.75) is 50.2 Å². The Hall–Kier alpha value is -2.24. The lowest BCUT2D eigenvalue weighted by Gasteiger charge is -2.41. The SMILES string of the molecule is CCO[C@H]1[C@H](NC(=O)CCc2cccnc2)c2ccccc2C12CCNCC2. The number of ether oxygens (including phenoxy) is 1. The van der Waals surface area contributed by atoms with Crippen LogP contribution in [-0.2, 0) is 21.4 Å². The van der Waals surface area contributed by atoms with E-state index in [1.54, 1.807) is 6.20 Å². The van der Waals surface area contributed by atoms with E-state index in [0.717, 1.165) is 31.5 Å². The van der Waals surface area contributed by atoms with Crippen molar-refractivity contribution in [2.75, 3.05) is 19.7 Å². The number of nitrogens with one attached hydrogen (secondary N) is 2. The summed E-state index contributed by atoms with van der Waals surface area (Å²) in [6, 6.07) is 12.4. The molecule has 0 unspecified atom stereocenters. The minimum atomic E-state index is -0.0874. The molecule has 0 saturated carbocycles. The van der Waals surface area contributed by atoms with Crippen molar-refractivity contribution >= 4 is 5.91 Å². The van der Waals surface area contributed by atoms with Gasteiger partial charge in [0.15, 0.2) is 0 Å². The lowest BCUT2D eigenvalue weighted by Crippen LogP contribution is -2.49. The molecule has 0 radical (unpaired) electrons. The Labute approximate surface area is 166 Å². The van der Waals surface area contributed by atoms with Crippen molar-refractivity contribution in [1.82, 2.24) is 15.6 Å². The Morgan fingerprint density at radius 3 is 2.82 bits per heavy atom. The van der Waals surface area contributed by atoms with E-state index in [4.69, 9.17) is 4.74 Å². The van der Waals surface area contributed by atoms with E-state index >= 15 is 0 Å². The summed E-state index contributed by atoms with van der Waals surface area (Å²) in [7, 11) is 0. The maximum atomic E-state index is 12.8. The van der Waals surface area contributed by atoms with Crippen LogP contribution < -0.4 is 10.6 Å². The highest BCUT2D eigenvalue weighted by Crippen LogP contribution is 2.51. The van der Waals surface area contributed by atoms with Gasteiger partial charge in [-0.2, -0.15) is 0 Å². The predicted octanol–water partition coefficient (Wildman–Crippen LogP) is 2.91. The molecule has 2 aromatic rings. The largest absolute Gasteiger partial charge is 0.375 e. The number of hydrogen-bond acceptors (Lipinski definition) is 4. The first-order chi connectivity index (χ1) is 13.7. The average molecular weight is 380 g/mol. The standard InChI is InChI=1S/C23H29N3O2/c1-2-28-22-21(26-20(27)10-9-17-6-5-13-25-16-17)18-7-3-4-8-19(18)23(22)11-14-24-15-12-23/h3-8,13,16,21-22,24H,2,9-12,14-15H2,1H3,(H,26,27)/t21-,22+/m1/s1. The van der Waals surface area contributed by atoms with E-state index in [9.17, 15) is 4.79 Å². The van der Waals surface area contributed by atoms with E-state index in [-0.39, 0.29) is 23.5 Å². The van der Waals surface area contributed by atoms with Gasteiger partial charge in [-0.15, -0.1) is 0 Å². The fourth-order valence-corrected chi connectivity index (χ4v) is 4.92. The van der Waals surface area contributed by atoms with Gasteiger partial charge in [0.05, 0.1) is 12.1 Å². The summed E-state index contributed by atoms with van der Waals surface area (Å²) < 4.78 is 6.30. The Kier molecular flexibility index (Phi) is 5.74. The third-order valence-electron chi connectivity index (χ3n) is 6.20. The summed E-state index contributed by atoms with van der Waals surface area (Å²) in [5.74, 6) is 0.0688. The molecule has 2 N–H and O–H groups in total. The van der Waals surface area contributed by atoms with Gasteiger partial charge in [-0.1, -0.05) is 30.3 Å². The molecule has 5 nitrogen and oxygen atoms in total. The monoisotopic (exact) mass is 379 g/mol. The normalized spacial score (nSPS) is 22.8. The number of aromatic nitrogens is 1. The van der Waals surface area contributed by atoms with Gasteiger partial charge in [0.25, 0.3) is 0 Å². The van der Waals surface area contributed by atoms with E-state index in [0.29, 0.717) is 19.4 Å². The summed E-state index contributed by atoms with van der Waals surface area (Å²) >= 11 is 0. The Bertz CT molecular complexity index is 803. The molecule has 1 aromatic carbocycles. The Morgan fingerprint density at radius 2 is 2.07 bits per heavy atom. The number of pyridine rings is 1. The molecule has 1 amide bonds. The predicted molar refractivity (Wildman–Crippen MR) is 109 cm³/mol. The number of piperidine rings is 1. The minimum Gasteiger partial charge on any atom is -0.375 e. The van der Waals surface area contributed by atoms with Crippen LogP contribution in [-0.4, -0.2) is 36.7 Å². The molecule has 0 bridgehead atoms. The fourth-order valence-electron chi connectivity index (χ4n) is 4.92. The van der Waals surface area contributed by atoms with Crippen molar-refractivity contribution in [3.8, 4) is 0 Å². The second kappa shape index (κ2) is 8.41. The molecule has 2 atom stereocenters. The lowest BCUT2D eigenvalue weighted by molar-refractivity contribution is -0.123. The molecule has 1 spiro atoms. The number of aryl methyl sites for hydroxylation is 1. The van der Waals surface area contributed by atoms with Crippen LogP contribution >= 0.6 is 0 Å². The molecule has 1 aliphatic heterocycles. The van der Waals surface area contributed by atoms with Crippen LogP contribution in [0.3, 0.4) is 0 Å². The lowest BCUT2D eigenvalue weighted by atomic mass is 9.72. The second-order valence-electron chi connectivity index (χ2n) is 7.78. The third kappa shape index (κ3) is 3.56. The second-order valence-corrected chi connectivity index (χ2v) is 7.78. The first-order valence-corrected chi connectivity index (χ1v) is 10.3. The van der Waals surface area contributed by atoms with E-state index in [2.05, 4.69) is 39.9 Å². The minimum absolute atomic E-state index is 0.0145. The topological polar surface area (TPSA) is 63.2 Å². The number of hydrogen-bond donors (Lipinski definition) is 2. The molecule has 148 valence electrons. The number of fused-ring (bicyclic) bond motifs is 2. The van der Waals surface area contributed by atoms with Gasteiger partial charge in [-0.05, 0) is 62.0 Å². The highest BCUT2D eigenvalue weighted by molar-refractivity contribution is 5.77. The van der Waals surface area contributed by atoms with E-state index < -0.39 is 0 Å². The molecule has 2 aliphatic rings. The van der Waals surface area contributed by atoms with Gasteiger partial charge in [0, 0.05) is 30.8 Å². The number of carbonyl (C=O) groups excluding carboxylic acids is 1. The maximum Gasteiger partial charge on any atom is 0.220 e. The quantitative estimate of drug-likeness (QED) is 0.810. The number of rotatable bonds is 6. The molecule has 1 fully saturated rings. The van der Waals surface area contributed by atoms with Gasteiger partial charge in [-0.25, -0.2) is 0 Å². The molecule has 1 saturated heterocycles. The van der Waals surface area contributed by atoms with Crippen molar-refractivity contribution in [2.24, 2.45) is 0 Å². The van der Waals surface area contributed by atoms with E-state index in [1.807, 2.05) is 25.3 Å². The molecule has 1 aliphatic carbocycles. The number of benzene rings is 1. The zero-order valence-electron chi connectivity index (χ0n) is 16.5. The number of nitrogens with zero attached hydrogens (tertiary/aromatic N) is 1. The van der Waals surface area contributed by atoms with Crippen molar-refractivity contribution in [1.29, 1.82) is 0 Å². The molecular weight excluding hydrogens is 350 g/mol. The highest BCUT2D eigenvalue weighted by Gasteiger charge is 2.53. The molecule has 2 heterocycles. The molecule has 1 aromatic heterocycles. The first kappa shape index (κ1) is 19.1. The molecule has 5 heteroatoms. The van der Waals surface area contributed by atoms with Gasteiger partial charge in [0.2, 0.25) is 5.91 Å². The molecule has 28 heavy (non-hydrogen) atoms. The van der Waals surface area contributed by atoms with E-state index in [1.165, 1.54) is 11.1 Å². The van der Waals surface area contributed by atoms with Crippen LogP contribution in [0.4, 0.5) is 0 Å². The Morgan fingerprint density at radius 1 is 1.25 bits per heavy atom. The van der Waals surface area contributed by atoms with Crippen LogP contribution in [0.25, 0.3) is 0 Å². The number of amides is 1. The number of carbonyl (C=O) groups is 1. The zero-order valence-corrected chi connectivity index (χ0v) is 16.5. The third-order valence-corrected chi connectivity index (χ3v) is 6.20. The average Bonchev–Trinajstić information content (AvgIpc) is 2.98. The summed E-state index contributed by atoms with van der Waals surface area (Å²) in [6.45, 7) is 4.66. The van der Waals surface area contributed by atoms with Crippen molar-refractivity contribution < 1.29 is 9.53 Å². The van der Waals surface area contributed by atoms with Crippen LogP contribution in [0.2, 0.25) is 0 Å². The summed E-state index contributed by atoms with van der Waals surface area (Å²) in [5.41, 5.74) is 3.64. The smallest absolute Gasteiger partial charge is 0.220 e. The summed E-state index contributed by atoms with van der Waals surface area (Å²) in [5, 5.41) is 6.78. The maximum absolute atomic E-state index is 12.8. The van der Waals surface area contributed by atoms with Gasteiger partial charge in [0.1, 0.15) is 0 Å². The van der Waals surface area contributed by atoms with Crippen molar-refractivity contribution in [3.05, 3.63) is 65.5 Å². The molecule has 4 rings (SSSR count). The van der Waals surface area contributed by atoms with Crippen LogP contribution in [0, 0.1) is 0 Å². The van der Waals surface area contributed by atoms with Crippen LogP contribution in [0.15, 0.2) is 48.8 Å². The fraction of sp³-hybridized carbons (Fsp3) is 0.478. The molecular formula is C23H29N3O2. The zero-order chi connectivity index (χ0) is 19.4. The van der Waals surface area contributed by atoms with Crippen LogP contribution in [0.5, 0.6) is 0 Å². The van der Waals surface area contributed by atoms with Gasteiger partial charge < -0.3 is 15.4 Å². The summed E-state index contributed by atoms with van der Waals surface area (Å²) in [6.07, 6.45) is 6.79. The van der Waals surface area contributed by atoms with Crippen LogP contribution in [0.1, 0.15) is 48.9 Å². The summed E-state index contributed by atoms with van der Waals surface area (Å²) in [4.78, 5) is 16.9. The Balaban J connectivity index is 1.55. The van der Waals surface area contributed by atoms with Gasteiger partial charge >= 0.3 is 0 Å². The highest BCUT2D eigenvalue weighted by atomic mass is 16.5. The van der Waals surface area contributed by atoms with Gasteiger partial charge in [-0.3, -0.25) is 9.78 Å². The van der Waals surface area contributed by atoms with Crippen molar-refractivity contribution in [3.63, 3.8) is 0 Å². The first-order valence-electron chi connectivity index (χ1n) is 10.3.